The second-order valence-electron chi connectivity index (χ2n) is 16.8. The molecular weight excluding hydrogens is 831 g/mol. The Morgan fingerprint density at radius 2 is 1.02 bits per heavy atom. The summed E-state index contributed by atoms with van der Waals surface area (Å²) in [5, 5.41) is 30.2. The largest absolute Gasteiger partial charge is 0.508 e. The van der Waals surface area contributed by atoms with Gasteiger partial charge >= 0.3 is 18.3 Å². The summed E-state index contributed by atoms with van der Waals surface area (Å²) in [6.45, 7) is 0.961. The quantitative estimate of drug-likeness (QED) is 0.0664. The van der Waals surface area contributed by atoms with Crippen molar-refractivity contribution in [3.63, 3.8) is 0 Å². The molecule has 17 heteroatoms. The molecule has 2 aromatic heterocycles. The third kappa shape index (κ3) is 14.1. The molecule has 2 unspecified atom stereocenters. The van der Waals surface area contributed by atoms with Crippen LogP contribution in [0.1, 0.15) is 72.6 Å². The number of pyridine rings is 2. The molecule has 11 nitrogen and oxygen atoms in total. The number of aromatic hydroxyl groups is 2. The summed E-state index contributed by atoms with van der Waals surface area (Å²) in [4.78, 5) is 35.2. The Bertz CT molecular complexity index is 2010. The summed E-state index contributed by atoms with van der Waals surface area (Å²) in [7, 11) is 7.83. The first-order valence-electron chi connectivity index (χ1n) is 20.6. The lowest BCUT2D eigenvalue weighted by Crippen LogP contribution is -2.42. The summed E-state index contributed by atoms with van der Waals surface area (Å²) >= 11 is 0. The molecule has 2 fully saturated rings. The lowest BCUT2D eigenvalue weighted by Gasteiger charge is -2.30. The van der Waals surface area contributed by atoms with Crippen molar-refractivity contribution in [1.82, 2.24) is 25.1 Å². The van der Waals surface area contributed by atoms with E-state index in [1.165, 1.54) is 42.5 Å². The molecule has 2 heterocycles. The number of phenolic OH excluding ortho intramolecular Hbond substituents is 2. The van der Waals surface area contributed by atoms with Gasteiger partial charge in [0.25, 0.3) is 0 Å². The molecule has 63 heavy (non-hydrogen) atoms. The van der Waals surface area contributed by atoms with E-state index in [2.05, 4.69) is 20.2 Å². The van der Waals surface area contributed by atoms with E-state index in [1.54, 1.807) is 36.4 Å². The van der Waals surface area contributed by atoms with Crippen molar-refractivity contribution in [2.24, 2.45) is 16.6 Å². The van der Waals surface area contributed by atoms with Crippen LogP contribution in [0.3, 0.4) is 0 Å². The molecule has 2 saturated carbocycles. The number of likely N-dealkylation sites (N-methyl/N-ethyl adjacent to an activating group) is 2. The second kappa shape index (κ2) is 21.9. The SMILES string of the molecule is CN(C)[C@H](CN)Cc1ccc(O)cc1.CN(C)[C@H](CNC(=O)CC(c1ccncc1)C1(C(F)(F)F)CC1)Cc1ccc(O)cc1.O=C(O)CC(c1ccncc1)C1(C(F)(F)F)CC1. The maximum atomic E-state index is 13.8. The first-order chi connectivity index (χ1) is 29.6. The molecule has 0 saturated heterocycles. The van der Waals surface area contributed by atoms with Gasteiger partial charge in [0.1, 0.15) is 11.5 Å². The Kier molecular flexibility index (Phi) is 17.5. The first kappa shape index (κ1) is 50.4. The van der Waals surface area contributed by atoms with Gasteiger partial charge in [-0.05, 0) is 138 Å². The molecule has 6 N–H and O–H groups in total. The fourth-order valence-corrected chi connectivity index (χ4v) is 7.77. The fraction of sp³-hybridized carbons (Fsp3) is 0.478. The highest BCUT2D eigenvalue weighted by Gasteiger charge is 2.68. The summed E-state index contributed by atoms with van der Waals surface area (Å²) in [6.07, 6.45) is -2.12. The van der Waals surface area contributed by atoms with E-state index in [9.17, 15) is 41.0 Å². The van der Waals surface area contributed by atoms with Gasteiger partial charge in [-0.3, -0.25) is 19.6 Å². The Hall–Kier alpha value is -5.26. The molecule has 2 aromatic carbocycles. The second-order valence-corrected chi connectivity index (χ2v) is 16.8. The number of carboxylic acid groups (broad SMARTS) is 1. The summed E-state index contributed by atoms with van der Waals surface area (Å²) < 4.78 is 80.6. The van der Waals surface area contributed by atoms with Crippen LogP contribution in [-0.4, -0.2) is 113 Å². The number of benzene rings is 2. The van der Waals surface area contributed by atoms with Crippen molar-refractivity contribution in [1.29, 1.82) is 0 Å². The van der Waals surface area contributed by atoms with Crippen LogP contribution in [-0.2, 0) is 22.4 Å². The molecule has 0 bridgehead atoms. The maximum absolute atomic E-state index is 13.8. The molecule has 6 rings (SSSR count). The minimum atomic E-state index is -4.36. The maximum Gasteiger partial charge on any atom is 0.395 e. The third-order valence-electron chi connectivity index (χ3n) is 12.1. The number of rotatable bonds is 17. The standard InChI is InChI=1S/C23H28F3N3O2.C12H12F3NO2.C11H18N2O/c1-29(2)18(13-16-3-5-19(30)6-4-16)15-28-21(31)14-20(17-7-11-27-12-8-17)22(9-10-22)23(24,25)26;13-12(14,15)11(3-4-11)9(7-10(17)18)8-1-5-16-6-2-8;1-13(2)10(8-12)7-9-3-5-11(14)6-4-9/h3-8,11-12,18,20,30H,9-10,13-15H2,1-2H3,(H,28,31);1-2,5-6,9H,3-4,7H2,(H,17,18);3-6,10,14H,7-8,12H2,1-2H3/t18-,20?;;10-/m0.0/s1. The van der Waals surface area contributed by atoms with Crippen LogP contribution < -0.4 is 11.1 Å². The minimum absolute atomic E-state index is 0.00320. The van der Waals surface area contributed by atoms with Gasteiger partial charge in [-0.15, -0.1) is 0 Å². The van der Waals surface area contributed by atoms with Crippen LogP contribution >= 0.6 is 0 Å². The zero-order valence-electron chi connectivity index (χ0n) is 35.9. The zero-order valence-corrected chi connectivity index (χ0v) is 35.9. The highest BCUT2D eigenvalue weighted by Crippen LogP contribution is 2.67. The van der Waals surface area contributed by atoms with E-state index in [4.69, 9.17) is 15.9 Å². The average Bonchev–Trinajstić information content (AvgIpc) is 4.17. The van der Waals surface area contributed by atoms with Gasteiger partial charge in [-0.25, -0.2) is 0 Å². The molecule has 2 aliphatic carbocycles. The Morgan fingerprint density at radius 1 is 0.651 bits per heavy atom. The van der Waals surface area contributed by atoms with Crippen LogP contribution in [0.25, 0.3) is 0 Å². The van der Waals surface area contributed by atoms with Crippen LogP contribution in [0.15, 0.2) is 97.6 Å². The van der Waals surface area contributed by atoms with Crippen LogP contribution in [0.5, 0.6) is 11.5 Å². The zero-order chi connectivity index (χ0) is 46.6. The number of carbonyl (C=O) groups excluding carboxylic acids is 1. The van der Waals surface area contributed by atoms with Crippen molar-refractivity contribution < 1.29 is 51.3 Å². The van der Waals surface area contributed by atoms with Crippen molar-refractivity contribution in [3.05, 3.63) is 120 Å². The van der Waals surface area contributed by atoms with Gasteiger partial charge < -0.3 is 36.2 Å². The highest BCUT2D eigenvalue weighted by molar-refractivity contribution is 5.77. The van der Waals surface area contributed by atoms with Crippen molar-refractivity contribution in [3.8, 4) is 11.5 Å². The van der Waals surface area contributed by atoms with E-state index in [0.717, 1.165) is 12.0 Å². The molecule has 0 spiro atoms. The molecule has 2 aliphatic rings. The number of alkyl halides is 6. The number of aliphatic carboxylic acids is 1. The summed E-state index contributed by atoms with van der Waals surface area (Å²) in [5.74, 6) is -3.08. The minimum Gasteiger partial charge on any atom is -0.508 e. The van der Waals surface area contributed by atoms with Crippen molar-refractivity contribution in [2.45, 2.75) is 87.6 Å². The van der Waals surface area contributed by atoms with Gasteiger partial charge in [0.2, 0.25) is 5.91 Å². The molecule has 1 amide bonds. The number of nitrogens with one attached hydrogen (secondary N) is 1. The number of aromatic nitrogens is 2. The summed E-state index contributed by atoms with van der Waals surface area (Å²) in [5.41, 5.74) is 5.04. The number of halogens is 6. The number of hydrogen-bond acceptors (Lipinski definition) is 9. The van der Waals surface area contributed by atoms with Gasteiger partial charge in [0, 0.05) is 68.2 Å². The normalized spacial score (nSPS) is 16.9. The Labute approximate surface area is 364 Å². The van der Waals surface area contributed by atoms with Gasteiger partial charge in [-0.2, -0.15) is 26.3 Å². The average molecular weight is 889 g/mol. The topological polar surface area (TPSA) is 165 Å². The number of phenols is 2. The Balaban J connectivity index is 0.000000230. The molecule has 344 valence electrons. The van der Waals surface area contributed by atoms with Crippen LogP contribution in [0, 0.1) is 10.8 Å². The molecule has 0 aliphatic heterocycles. The predicted molar refractivity (Wildman–Crippen MR) is 227 cm³/mol. The number of hydrogen-bond donors (Lipinski definition) is 5. The molecule has 4 atom stereocenters. The number of carbonyl (C=O) groups is 2. The van der Waals surface area contributed by atoms with Gasteiger partial charge in [0.15, 0.2) is 0 Å². The number of carboxylic acids is 1. The molecular formula is C46H58F6N6O5. The van der Waals surface area contributed by atoms with Crippen LogP contribution in [0.2, 0.25) is 0 Å². The monoisotopic (exact) mass is 888 g/mol. The Morgan fingerprint density at radius 3 is 1.33 bits per heavy atom. The van der Waals surface area contributed by atoms with E-state index >= 15 is 0 Å². The van der Waals surface area contributed by atoms with E-state index < -0.39 is 53.3 Å². The fourth-order valence-electron chi connectivity index (χ4n) is 7.77. The lowest BCUT2D eigenvalue weighted by molar-refractivity contribution is -0.196. The number of nitrogens with two attached hydrogens (primary N) is 1. The number of amides is 1. The van der Waals surface area contributed by atoms with Gasteiger partial charge in [-0.1, -0.05) is 24.3 Å². The smallest absolute Gasteiger partial charge is 0.395 e. The summed E-state index contributed by atoms with van der Waals surface area (Å²) in [6, 6.07) is 20.5. The van der Waals surface area contributed by atoms with E-state index in [1.807, 2.05) is 57.4 Å². The van der Waals surface area contributed by atoms with Crippen molar-refractivity contribution >= 4 is 11.9 Å². The van der Waals surface area contributed by atoms with Crippen molar-refractivity contribution in [2.75, 3.05) is 41.3 Å². The molecule has 4 aromatic rings. The van der Waals surface area contributed by atoms with Crippen LogP contribution in [0.4, 0.5) is 26.3 Å². The van der Waals surface area contributed by atoms with Gasteiger partial charge in [0.05, 0.1) is 17.3 Å². The number of nitrogens with zero attached hydrogens (tertiary/aromatic N) is 4. The predicted octanol–water partition coefficient (Wildman–Crippen LogP) is 7.70. The highest BCUT2D eigenvalue weighted by atomic mass is 19.4. The lowest BCUT2D eigenvalue weighted by atomic mass is 9.80. The first-order valence-corrected chi connectivity index (χ1v) is 20.6. The van der Waals surface area contributed by atoms with E-state index in [0.29, 0.717) is 42.4 Å². The third-order valence-corrected chi connectivity index (χ3v) is 12.1. The molecule has 0 radical (unpaired) electrons. The van der Waals surface area contributed by atoms with E-state index in [-0.39, 0.29) is 43.9 Å².